The van der Waals surface area contributed by atoms with Crippen LogP contribution in [-0.2, 0) is 20.5 Å². The van der Waals surface area contributed by atoms with Crippen molar-refractivity contribution in [1.82, 2.24) is 0 Å². The number of unbranched alkanes of at least 4 members (excludes halogenated alkanes) is 6. The third kappa shape index (κ3) is 8.64. The Kier molecular flexibility index (Phi) is 12.7. The Morgan fingerprint density at radius 2 is 0.966 bits per heavy atom. The third-order valence-corrected chi connectivity index (χ3v) is 15.7. The Bertz CT molecular complexity index is 1750. The van der Waals surface area contributed by atoms with Crippen molar-refractivity contribution in [2.45, 2.75) is 169 Å². The Hall–Kier alpha value is -3.68. The van der Waals surface area contributed by atoms with Gasteiger partial charge in [-0.3, -0.25) is 0 Å². The first kappa shape index (κ1) is 43.9. The summed E-state index contributed by atoms with van der Waals surface area (Å²) in [6.45, 7) is 23.3. The third-order valence-electron chi connectivity index (χ3n) is 15.7. The number of nitrogens with zero attached hydrogens (tertiary/aromatic N) is 1. The summed E-state index contributed by atoms with van der Waals surface area (Å²) in [5, 5.41) is 43.7. The van der Waals surface area contributed by atoms with E-state index in [0.29, 0.717) is 36.9 Å². The number of aromatic hydroxyl groups is 4. The maximum atomic E-state index is 12.2. The summed E-state index contributed by atoms with van der Waals surface area (Å²) in [5.74, 6) is 3.11. The van der Waals surface area contributed by atoms with Crippen molar-refractivity contribution < 1.29 is 35.2 Å². The highest BCUT2D eigenvalue weighted by Gasteiger charge is 2.56. The number of allylic oxidation sites excluding steroid dienone is 4. The van der Waals surface area contributed by atoms with Gasteiger partial charge in [0.25, 0.3) is 0 Å². The van der Waals surface area contributed by atoms with Gasteiger partial charge >= 0.3 is 5.09 Å². The summed E-state index contributed by atoms with van der Waals surface area (Å²) in [5.41, 5.74) is 6.82. The van der Waals surface area contributed by atoms with E-state index < -0.39 is 0 Å². The molecule has 0 radical (unpaired) electrons. The second kappa shape index (κ2) is 16.8. The van der Waals surface area contributed by atoms with Crippen molar-refractivity contribution in [2.75, 3.05) is 13.2 Å². The van der Waals surface area contributed by atoms with Gasteiger partial charge in [-0.15, -0.1) is 0 Å². The van der Waals surface area contributed by atoms with E-state index in [1.807, 2.05) is 12.1 Å². The van der Waals surface area contributed by atoms with Crippen molar-refractivity contribution in [2.24, 2.45) is 34.5 Å². The van der Waals surface area contributed by atoms with Crippen molar-refractivity contribution in [3.05, 3.63) is 74.7 Å². The molecular formula is C50H74NO7+. The smallest absolute Gasteiger partial charge is 0.477 e. The Morgan fingerprint density at radius 1 is 0.603 bits per heavy atom. The van der Waals surface area contributed by atoms with E-state index >= 15 is 0 Å². The molecule has 0 unspecified atom stereocenters. The molecule has 0 spiro atoms. The van der Waals surface area contributed by atoms with E-state index in [2.05, 4.69) is 81.4 Å². The molecule has 0 amide bonds. The fraction of sp³-hybridized carbons (Fsp3) is 0.680. The lowest BCUT2D eigenvalue weighted by molar-refractivity contribution is -0.981. The van der Waals surface area contributed by atoms with Crippen molar-refractivity contribution >= 4 is 0 Å². The molecule has 320 valence electrons. The highest BCUT2D eigenvalue weighted by atomic mass is 17.0. The maximum Gasteiger partial charge on any atom is 0.477 e. The second-order valence-corrected chi connectivity index (χ2v) is 21.1. The van der Waals surface area contributed by atoms with Crippen LogP contribution in [0.15, 0.2) is 47.6 Å². The Labute approximate surface area is 348 Å². The summed E-state index contributed by atoms with van der Waals surface area (Å²) in [4.78, 5) is 22.8. The summed E-state index contributed by atoms with van der Waals surface area (Å²) in [6, 6.07) is 6.74. The predicted molar refractivity (Wildman–Crippen MR) is 231 cm³/mol. The van der Waals surface area contributed by atoms with Crippen LogP contribution in [0.25, 0.3) is 0 Å². The van der Waals surface area contributed by atoms with E-state index in [9.17, 15) is 25.3 Å². The van der Waals surface area contributed by atoms with Gasteiger partial charge in [-0.2, -0.15) is 9.68 Å². The number of benzene rings is 2. The molecule has 0 aromatic heterocycles. The van der Waals surface area contributed by atoms with Gasteiger partial charge < -0.3 is 20.4 Å². The van der Waals surface area contributed by atoms with Gasteiger partial charge in [0.1, 0.15) is 27.9 Å². The highest BCUT2D eigenvalue weighted by molar-refractivity contribution is 5.55. The first-order valence-corrected chi connectivity index (χ1v) is 22.4. The van der Waals surface area contributed by atoms with Crippen LogP contribution in [-0.4, -0.2) is 38.7 Å². The first-order valence-electron chi connectivity index (χ1n) is 22.4. The molecule has 2 saturated carbocycles. The van der Waals surface area contributed by atoms with Crippen LogP contribution in [0.3, 0.4) is 0 Å². The second-order valence-electron chi connectivity index (χ2n) is 21.1. The van der Waals surface area contributed by atoms with E-state index in [1.54, 1.807) is 0 Å². The van der Waals surface area contributed by atoms with Crippen LogP contribution in [0.5, 0.6) is 23.0 Å². The molecule has 0 saturated heterocycles. The van der Waals surface area contributed by atoms with Crippen LogP contribution >= 0.6 is 0 Å². The van der Waals surface area contributed by atoms with Gasteiger partial charge in [-0.25, -0.2) is 0 Å². The molecule has 6 atom stereocenters. The fourth-order valence-electron chi connectivity index (χ4n) is 12.0. The highest BCUT2D eigenvalue weighted by Crippen LogP contribution is 2.66. The topological polar surface area (TPSA) is 119 Å². The molecule has 6 aliphatic rings. The number of hydrogen-bond donors (Lipinski definition) is 4. The zero-order valence-corrected chi connectivity index (χ0v) is 37.3. The number of hydrogen-bond acceptors (Lipinski definition) is 7. The lowest BCUT2D eigenvalue weighted by Crippen LogP contribution is -2.51. The minimum Gasteiger partial charge on any atom is -0.508 e. The number of phenols is 4. The lowest BCUT2D eigenvalue weighted by atomic mass is 9.45. The molecule has 2 fully saturated rings. The average Bonchev–Trinajstić information content (AvgIpc) is 3.12. The number of rotatable bonds is 20. The number of fused-ring (bicyclic) bond motifs is 2. The van der Waals surface area contributed by atoms with Crippen LogP contribution in [0, 0.1) is 39.4 Å². The molecule has 2 aromatic rings. The Balaban J connectivity index is 0.871. The van der Waals surface area contributed by atoms with E-state index in [-0.39, 0.29) is 61.6 Å². The lowest BCUT2D eigenvalue weighted by Gasteiger charge is -2.59. The molecule has 0 aliphatic heterocycles. The normalized spacial score (nSPS) is 25.6. The summed E-state index contributed by atoms with van der Waals surface area (Å²) >= 11 is 0. The van der Waals surface area contributed by atoms with Gasteiger partial charge in [0, 0.05) is 35.1 Å². The molecular weight excluding hydrogens is 727 g/mol. The van der Waals surface area contributed by atoms with Gasteiger partial charge in [0.15, 0.2) is 13.2 Å². The molecule has 8 heteroatoms. The first-order chi connectivity index (χ1) is 27.2. The van der Waals surface area contributed by atoms with E-state index in [0.717, 1.165) is 99.3 Å². The van der Waals surface area contributed by atoms with Gasteiger partial charge in [0.2, 0.25) is 0 Å². The zero-order chi connectivity index (χ0) is 42.4. The van der Waals surface area contributed by atoms with E-state index in [1.165, 1.54) is 23.3 Å². The maximum absolute atomic E-state index is 12.2. The summed E-state index contributed by atoms with van der Waals surface area (Å²) in [6.07, 6.45) is 16.2. The van der Waals surface area contributed by atoms with Gasteiger partial charge in [-0.05, 0) is 134 Å². The largest absolute Gasteiger partial charge is 0.508 e. The molecule has 6 aliphatic carbocycles. The molecule has 8 rings (SSSR count). The van der Waals surface area contributed by atoms with Crippen LogP contribution in [0.4, 0.5) is 0 Å². The van der Waals surface area contributed by atoms with Crippen LogP contribution in [0.1, 0.15) is 180 Å². The minimum atomic E-state index is -0.229. The molecule has 8 nitrogen and oxygen atoms in total. The van der Waals surface area contributed by atoms with Crippen molar-refractivity contribution in [1.29, 1.82) is 0 Å². The number of phenolic OH excluding ortho intramolecular Hbond substituents is 4. The molecule has 4 N–H and O–H groups in total. The quantitative estimate of drug-likeness (QED) is 0.0598. The molecule has 58 heavy (non-hydrogen) atoms. The standard InChI is InChI=1S/C50H73NO7/c1-31-23-35(39-29-37(31)49(39,7)8)45-41(25-33(52)27-43(45)54)47(3,4)19-15-11-13-17-21-57-51(56)58-22-18-14-12-16-20-48(5,6)42-26-34(53)28-44(55)46(42)36-24-32(2)38-30-40(36)50(38,9)10/h23-28,35-40H,11-22,29-30H2,1-10H3,(H3-,52,53,54,55)/p+1/t35-,36-,37-,38-,39-,40-/m0/s1. The van der Waals surface area contributed by atoms with Crippen molar-refractivity contribution in [3.63, 3.8) is 0 Å². The monoisotopic (exact) mass is 801 g/mol. The van der Waals surface area contributed by atoms with Gasteiger partial charge in [-0.1, -0.05) is 104 Å². The molecule has 4 bridgehead atoms. The Morgan fingerprint density at radius 3 is 1.31 bits per heavy atom. The minimum absolute atomic E-state index is 0.109. The molecule has 2 aromatic carbocycles. The van der Waals surface area contributed by atoms with Crippen molar-refractivity contribution in [3.8, 4) is 23.0 Å². The summed E-state index contributed by atoms with van der Waals surface area (Å²) < 4.78 is 0. The predicted octanol–water partition coefficient (Wildman–Crippen LogP) is 12.7. The van der Waals surface area contributed by atoms with E-state index in [4.69, 9.17) is 9.68 Å². The SMILES string of the molecule is CC1=C[C@H](c2c(O)cc(O)cc2C(C)(C)CCCCCCO[N+](=O)OCCCCCCC(C)(C)c2cc(O)cc(O)c2[C@H]2C=C(C)[C@@H]3C[C@@H]2C3(C)C)[C@@H]2C[C@@H]1C2(C)C. The molecule has 0 heterocycles. The summed E-state index contributed by atoms with van der Waals surface area (Å²) in [7, 11) is 0. The zero-order valence-electron chi connectivity index (χ0n) is 37.3. The van der Waals surface area contributed by atoms with Crippen LogP contribution in [0.2, 0.25) is 0 Å². The average molecular weight is 801 g/mol. The van der Waals surface area contributed by atoms with Crippen LogP contribution < -0.4 is 0 Å². The fourth-order valence-corrected chi connectivity index (χ4v) is 12.0. The van der Waals surface area contributed by atoms with Gasteiger partial charge in [0.05, 0.1) is 0 Å².